The van der Waals surface area contributed by atoms with E-state index in [0.29, 0.717) is 0 Å². The van der Waals surface area contributed by atoms with Gasteiger partial charge in [-0.1, -0.05) is 36.4 Å². The van der Waals surface area contributed by atoms with E-state index in [-0.39, 0.29) is 0 Å². The molecule has 4 heteroatoms. The number of aromatic nitrogens is 4. The fraction of sp³-hybridized carbons (Fsp3) is 0.0741. The number of rotatable bonds is 0. The normalized spacial score (nSPS) is 13.5. The minimum Gasteiger partial charge on any atom is -0.295 e. The van der Waals surface area contributed by atoms with Crippen LogP contribution in [0.25, 0.3) is 49.8 Å². The molecule has 0 saturated heterocycles. The van der Waals surface area contributed by atoms with Gasteiger partial charge in [0.05, 0.1) is 22.4 Å². The lowest BCUT2D eigenvalue weighted by Crippen LogP contribution is -1.98. The molecule has 0 N–H and O–H groups in total. The molecular formula is C27H16N4. The van der Waals surface area contributed by atoms with Gasteiger partial charge in [0.15, 0.2) is 0 Å². The number of imidazole rings is 1. The number of fused-ring (bicyclic) bond motifs is 14. The lowest BCUT2D eigenvalue weighted by Gasteiger charge is -2.11. The van der Waals surface area contributed by atoms with Crippen molar-refractivity contribution in [3.63, 3.8) is 0 Å². The maximum atomic E-state index is 5.20. The molecule has 2 aromatic carbocycles. The van der Waals surface area contributed by atoms with Crippen LogP contribution in [0, 0.1) is 0 Å². The fourth-order valence-corrected chi connectivity index (χ4v) is 5.71. The van der Waals surface area contributed by atoms with Crippen LogP contribution in [0.3, 0.4) is 0 Å². The third-order valence-corrected chi connectivity index (χ3v) is 6.98. The smallest absolute Gasteiger partial charge is 0.147 e. The van der Waals surface area contributed by atoms with Crippen LogP contribution in [-0.4, -0.2) is 19.4 Å². The highest BCUT2D eigenvalue weighted by molar-refractivity contribution is 6.10. The van der Waals surface area contributed by atoms with E-state index >= 15 is 0 Å². The van der Waals surface area contributed by atoms with Crippen molar-refractivity contribution in [2.75, 3.05) is 0 Å². The molecule has 4 heterocycles. The summed E-state index contributed by atoms with van der Waals surface area (Å²) in [6.07, 6.45) is 7.55. The van der Waals surface area contributed by atoms with Crippen LogP contribution in [0.1, 0.15) is 22.4 Å². The zero-order valence-corrected chi connectivity index (χ0v) is 16.6. The van der Waals surface area contributed by atoms with Gasteiger partial charge in [-0.05, 0) is 52.4 Å². The summed E-state index contributed by atoms with van der Waals surface area (Å²) in [7, 11) is 0. The molecule has 4 nitrogen and oxygen atoms in total. The summed E-state index contributed by atoms with van der Waals surface area (Å²) >= 11 is 0. The van der Waals surface area contributed by atoms with E-state index in [1.54, 1.807) is 0 Å². The molecule has 0 bridgehead atoms. The maximum absolute atomic E-state index is 5.20. The van der Waals surface area contributed by atoms with Crippen molar-refractivity contribution < 1.29 is 0 Å². The highest BCUT2D eigenvalue weighted by Gasteiger charge is 2.32. The first kappa shape index (κ1) is 15.7. The molecule has 0 spiro atoms. The third-order valence-electron chi connectivity index (χ3n) is 6.98. The molecule has 6 aromatic rings. The number of pyridine rings is 3. The van der Waals surface area contributed by atoms with E-state index in [1.807, 2.05) is 24.7 Å². The quantitative estimate of drug-likeness (QED) is 0.315. The van der Waals surface area contributed by atoms with Gasteiger partial charge in [0.1, 0.15) is 5.65 Å². The van der Waals surface area contributed by atoms with E-state index < -0.39 is 0 Å². The van der Waals surface area contributed by atoms with Gasteiger partial charge in [0.25, 0.3) is 0 Å². The Morgan fingerprint density at radius 3 is 2.74 bits per heavy atom. The lowest BCUT2D eigenvalue weighted by atomic mass is 9.96. The van der Waals surface area contributed by atoms with E-state index in [1.165, 1.54) is 39.1 Å². The molecule has 0 atom stereocenters. The molecule has 0 radical (unpaired) electrons. The molecular weight excluding hydrogens is 380 g/mol. The average molecular weight is 396 g/mol. The second-order valence-electron chi connectivity index (χ2n) is 8.50. The summed E-state index contributed by atoms with van der Waals surface area (Å²) < 4.78 is 2.34. The van der Waals surface area contributed by atoms with Gasteiger partial charge in [0.2, 0.25) is 0 Å². The van der Waals surface area contributed by atoms with Crippen molar-refractivity contribution in [2.24, 2.45) is 0 Å². The summed E-state index contributed by atoms with van der Waals surface area (Å²) in [5.41, 5.74) is 13.8. The maximum Gasteiger partial charge on any atom is 0.147 e. The van der Waals surface area contributed by atoms with Gasteiger partial charge < -0.3 is 0 Å². The van der Waals surface area contributed by atoms with Crippen LogP contribution in [-0.2, 0) is 12.8 Å². The standard InChI is InChI=1S/C27H16N4/c1-2-5-17-15(4-1)12-16-7-8-18-20(24(16)17)13-23-26(18)30-27-19-6-3-10-29-25(19)21-14-28-11-9-22(21)31(23)27/h1-11,14H,12-13H2. The number of hydrogen-bond acceptors (Lipinski definition) is 3. The van der Waals surface area contributed by atoms with Gasteiger partial charge in [-0.15, -0.1) is 0 Å². The Morgan fingerprint density at radius 2 is 1.74 bits per heavy atom. The topological polar surface area (TPSA) is 43.1 Å². The Labute approximate surface area is 177 Å². The second kappa shape index (κ2) is 5.35. The molecule has 0 unspecified atom stereocenters. The largest absolute Gasteiger partial charge is 0.295 e. The Hall–Kier alpha value is -4.05. The number of hydrogen-bond donors (Lipinski definition) is 0. The highest BCUT2D eigenvalue weighted by Crippen LogP contribution is 2.48. The molecule has 0 fully saturated rings. The molecule has 0 aliphatic heterocycles. The number of nitrogens with zero attached hydrogens (tertiary/aromatic N) is 4. The summed E-state index contributed by atoms with van der Waals surface area (Å²) in [5, 5.41) is 2.14. The van der Waals surface area contributed by atoms with Gasteiger partial charge in [0, 0.05) is 41.3 Å². The van der Waals surface area contributed by atoms with Crippen LogP contribution in [0.4, 0.5) is 0 Å². The molecule has 31 heavy (non-hydrogen) atoms. The third kappa shape index (κ3) is 1.84. The predicted octanol–water partition coefficient (Wildman–Crippen LogP) is 5.57. The Kier molecular flexibility index (Phi) is 2.72. The molecule has 0 amide bonds. The van der Waals surface area contributed by atoms with E-state index in [2.05, 4.69) is 62.9 Å². The molecule has 4 aromatic heterocycles. The minimum absolute atomic E-state index is 0.895. The molecule has 0 saturated carbocycles. The Balaban J connectivity index is 1.50. The van der Waals surface area contributed by atoms with Crippen LogP contribution < -0.4 is 0 Å². The first-order chi connectivity index (χ1) is 15.4. The Bertz CT molecular complexity index is 1740. The van der Waals surface area contributed by atoms with E-state index in [9.17, 15) is 0 Å². The average Bonchev–Trinajstić information content (AvgIpc) is 3.48. The van der Waals surface area contributed by atoms with Crippen LogP contribution in [0.5, 0.6) is 0 Å². The fourth-order valence-electron chi connectivity index (χ4n) is 5.71. The summed E-state index contributed by atoms with van der Waals surface area (Å²) in [4.78, 5) is 14.2. The van der Waals surface area contributed by atoms with Crippen molar-refractivity contribution in [3.8, 4) is 22.4 Å². The van der Waals surface area contributed by atoms with Crippen molar-refractivity contribution in [3.05, 3.63) is 95.6 Å². The zero-order chi connectivity index (χ0) is 20.1. The zero-order valence-electron chi connectivity index (χ0n) is 16.6. The Morgan fingerprint density at radius 1 is 0.774 bits per heavy atom. The van der Waals surface area contributed by atoms with Gasteiger partial charge in [-0.25, -0.2) is 4.98 Å². The van der Waals surface area contributed by atoms with Crippen molar-refractivity contribution in [1.82, 2.24) is 19.4 Å². The van der Waals surface area contributed by atoms with Crippen LogP contribution >= 0.6 is 0 Å². The lowest BCUT2D eigenvalue weighted by molar-refractivity contribution is 1.09. The predicted molar refractivity (Wildman–Crippen MR) is 122 cm³/mol. The summed E-state index contributed by atoms with van der Waals surface area (Å²) in [6, 6.07) is 19.6. The van der Waals surface area contributed by atoms with E-state index in [4.69, 9.17) is 4.98 Å². The summed E-state index contributed by atoms with van der Waals surface area (Å²) in [6.45, 7) is 0. The van der Waals surface area contributed by atoms with Gasteiger partial charge >= 0.3 is 0 Å². The van der Waals surface area contributed by atoms with Crippen molar-refractivity contribution in [1.29, 1.82) is 0 Å². The first-order valence-corrected chi connectivity index (χ1v) is 10.6. The highest BCUT2D eigenvalue weighted by atomic mass is 15.0. The molecule has 2 aliphatic carbocycles. The first-order valence-electron chi connectivity index (χ1n) is 10.6. The van der Waals surface area contributed by atoms with Crippen molar-refractivity contribution in [2.45, 2.75) is 12.8 Å². The number of benzene rings is 2. The van der Waals surface area contributed by atoms with Gasteiger partial charge in [-0.2, -0.15) is 0 Å². The van der Waals surface area contributed by atoms with Gasteiger partial charge in [-0.3, -0.25) is 14.4 Å². The van der Waals surface area contributed by atoms with Crippen LogP contribution in [0.15, 0.2) is 73.2 Å². The van der Waals surface area contributed by atoms with Crippen molar-refractivity contribution >= 4 is 27.5 Å². The van der Waals surface area contributed by atoms with E-state index in [0.717, 1.165) is 46.0 Å². The minimum atomic E-state index is 0.895. The molecule has 2 aliphatic rings. The SMILES string of the molecule is c1ccc2c(c1)Cc1ccc3c(c1-2)Cc1c-3nc2c3cccnc3c3cnccc3n12. The second-order valence-corrected chi connectivity index (χ2v) is 8.50. The molecule has 8 rings (SSSR count). The summed E-state index contributed by atoms with van der Waals surface area (Å²) in [5.74, 6) is 0. The van der Waals surface area contributed by atoms with Crippen LogP contribution in [0.2, 0.25) is 0 Å². The monoisotopic (exact) mass is 396 g/mol. The molecule has 144 valence electrons.